The van der Waals surface area contributed by atoms with Crippen LogP contribution in [-0.4, -0.2) is 19.9 Å². The molecule has 0 saturated heterocycles. The van der Waals surface area contributed by atoms with E-state index in [0.717, 1.165) is 11.6 Å². The lowest BCUT2D eigenvalue weighted by Gasteiger charge is -2.11. The summed E-state index contributed by atoms with van der Waals surface area (Å²) < 4.78 is 0. The van der Waals surface area contributed by atoms with E-state index in [1.807, 2.05) is 12.1 Å². The van der Waals surface area contributed by atoms with Crippen LogP contribution in [0, 0.1) is 0 Å². The maximum atomic E-state index is 4.26. The van der Waals surface area contributed by atoms with Gasteiger partial charge in [0, 0.05) is 24.8 Å². The Labute approximate surface area is 124 Å². The summed E-state index contributed by atoms with van der Waals surface area (Å²) in [5.41, 5.74) is 0. The van der Waals surface area contributed by atoms with Gasteiger partial charge in [-0.15, -0.1) is 0 Å². The minimum absolute atomic E-state index is 0.266. The van der Waals surface area contributed by atoms with Crippen LogP contribution in [0.2, 0.25) is 0 Å². The van der Waals surface area contributed by atoms with Crippen molar-refractivity contribution in [2.45, 2.75) is 24.3 Å². The Balaban J connectivity index is 1.78. The lowest BCUT2D eigenvalue weighted by Crippen LogP contribution is -1.95. The predicted molar refractivity (Wildman–Crippen MR) is 83.7 cm³/mol. The van der Waals surface area contributed by atoms with E-state index in [0.29, 0.717) is 0 Å². The first kappa shape index (κ1) is 14.6. The van der Waals surface area contributed by atoms with Crippen LogP contribution in [0.5, 0.6) is 0 Å². The molecule has 0 radical (unpaired) electrons. The molecule has 0 fully saturated rings. The van der Waals surface area contributed by atoms with E-state index in [1.165, 1.54) is 0 Å². The molecule has 2 aromatic heterocycles. The highest BCUT2D eigenvalue weighted by atomic mass is 33.5. The van der Waals surface area contributed by atoms with E-state index in [1.54, 1.807) is 56.2 Å². The van der Waals surface area contributed by atoms with Crippen molar-refractivity contribution in [3.8, 4) is 0 Å². The maximum absolute atomic E-state index is 4.26. The summed E-state index contributed by atoms with van der Waals surface area (Å²) in [6, 6.07) is 3.66. The summed E-state index contributed by atoms with van der Waals surface area (Å²) in [4.78, 5) is 17.0. The van der Waals surface area contributed by atoms with Gasteiger partial charge in [-0.3, -0.25) is 0 Å². The molecule has 0 bridgehead atoms. The average molecular weight is 310 g/mol. The minimum atomic E-state index is 0.266. The summed E-state index contributed by atoms with van der Waals surface area (Å²) in [7, 11) is 5.24. The van der Waals surface area contributed by atoms with E-state index in [2.05, 4.69) is 33.8 Å². The van der Waals surface area contributed by atoms with Crippen LogP contribution in [0.25, 0.3) is 0 Å². The molecule has 0 aromatic carbocycles. The van der Waals surface area contributed by atoms with Crippen molar-refractivity contribution in [3.63, 3.8) is 0 Å². The lowest BCUT2D eigenvalue weighted by molar-refractivity contribution is 0.923. The Morgan fingerprint density at radius 3 is 1.47 bits per heavy atom. The fourth-order valence-corrected chi connectivity index (χ4v) is 5.85. The van der Waals surface area contributed by atoms with Gasteiger partial charge in [-0.1, -0.05) is 21.6 Å². The first-order valence-electron chi connectivity index (χ1n) is 5.80. The van der Waals surface area contributed by atoms with Crippen molar-refractivity contribution in [2.24, 2.45) is 0 Å². The van der Waals surface area contributed by atoms with E-state index >= 15 is 0 Å². The summed E-state index contributed by atoms with van der Waals surface area (Å²) in [6.45, 7) is 4.22. The summed E-state index contributed by atoms with van der Waals surface area (Å²) >= 11 is 0. The molecule has 4 nitrogen and oxygen atoms in total. The molecular formula is C12H14N4S3. The predicted octanol–water partition coefficient (Wildman–Crippen LogP) is 4.12. The molecule has 0 aliphatic rings. The monoisotopic (exact) mass is 310 g/mol. The molecule has 2 unspecified atom stereocenters. The van der Waals surface area contributed by atoms with Crippen LogP contribution in [-0.2, 0) is 0 Å². The van der Waals surface area contributed by atoms with E-state index in [-0.39, 0.29) is 10.5 Å². The van der Waals surface area contributed by atoms with Crippen LogP contribution in [0.15, 0.2) is 36.9 Å². The Kier molecular flexibility index (Phi) is 5.93. The molecule has 0 spiro atoms. The van der Waals surface area contributed by atoms with Crippen molar-refractivity contribution >= 4 is 31.4 Å². The number of hydrogen-bond acceptors (Lipinski definition) is 7. The molecule has 0 amide bonds. The molecule has 2 aromatic rings. The quantitative estimate of drug-likeness (QED) is 0.744. The largest absolute Gasteiger partial charge is 0.240 e. The molecule has 0 aliphatic carbocycles. The van der Waals surface area contributed by atoms with E-state index < -0.39 is 0 Å². The fourth-order valence-electron chi connectivity index (χ4n) is 1.27. The smallest absolute Gasteiger partial charge is 0.141 e. The molecule has 0 aliphatic heterocycles. The number of rotatable bonds is 6. The average Bonchev–Trinajstić information content (AvgIpc) is 2.49. The third kappa shape index (κ3) is 4.67. The fraction of sp³-hybridized carbons (Fsp3) is 0.333. The number of aromatic nitrogens is 4. The van der Waals surface area contributed by atoms with Gasteiger partial charge >= 0.3 is 0 Å². The van der Waals surface area contributed by atoms with Gasteiger partial charge in [0.25, 0.3) is 0 Å². The first-order chi connectivity index (χ1) is 9.27. The Bertz CT molecular complexity index is 437. The molecule has 2 atom stereocenters. The summed E-state index contributed by atoms with van der Waals surface area (Å²) in [5, 5.41) is 0.533. The highest BCUT2D eigenvalue weighted by Gasteiger charge is 2.13. The zero-order chi connectivity index (χ0) is 13.5. The van der Waals surface area contributed by atoms with Crippen molar-refractivity contribution in [1.29, 1.82) is 0 Å². The van der Waals surface area contributed by atoms with Crippen LogP contribution < -0.4 is 0 Å². The van der Waals surface area contributed by atoms with Gasteiger partial charge in [0.1, 0.15) is 11.6 Å². The number of nitrogens with zero attached hydrogens (tertiary/aromatic N) is 4. The normalized spacial score (nSPS) is 14.0. The molecule has 100 valence electrons. The SMILES string of the molecule is CC(SSSC(C)c1ncccn1)c1ncccn1. The van der Waals surface area contributed by atoms with E-state index in [4.69, 9.17) is 0 Å². The Hall–Kier alpha value is -0.790. The molecule has 0 N–H and O–H groups in total. The molecular weight excluding hydrogens is 296 g/mol. The summed E-state index contributed by atoms with van der Waals surface area (Å²) in [5.74, 6) is 1.73. The second-order valence-corrected chi connectivity index (χ2v) is 8.48. The molecule has 2 heterocycles. The van der Waals surface area contributed by atoms with Crippen molar-refractivity contribution < 1.29 is 0 Å². The topological polar surface area (TPSA) is 51.6 Å². The maximum Gasteiger partial charge on any atom is 0.141 e. The van der Waals surface area contributed by atoms with Crippen LogP contribution >= 0.6 is 31.4 Å². The highest BCUT2D eigenvalue weighted by molar-refractivity contribution is 9.09. The van der Waals surface area contributed by atoms with Gasteiger partial charge < -0.3 is 0 Å². The third-order valence-corrected chi connectivity index (χ3v) is 7.04. The van der Waals surface area contributed by atoms with Crippen molar-refractivity contribution in [1.82, 2.24) is 19.9 Å². The van der Waals surface area contributed by atoms with Crippen molar-refractivity contribution in [2.75, 3.05) is 0 Å². The van der Waals surface area contributed by atoms with Crippen molar-refractivity contribution in [3.05, 3.63) is 48.6 Å². The van der Waals surface area contributed by atoms with Crippen LogP contribution in [0.1, 0.15) is 36.0 Å². The van der Waals surface area contributed by atoms with Gasteiger partial charge in [-0.05, 0) is 35.8 Å². The van der Waals surface area contributed by atoms with Gasteiger partial charge in [0.2, 0.25) is 0 Å². The summed E-state index contributed by atoms with van der Waals surface area (Å²) in [6.07, 6.45) is 7.10. The second-order valence-electron chi connectivity index (χ2n) is 3.76. The van der Waals surface area contributed by atoms with Crippen LogP contribution in [0.3, 0.4) is 0 Å². The zero-order valence-corrected chi connectivity index (χ0v) is 13.1. The van der Waals surface area contributed by atoms with E-state index in [9.17, 15) is 0 Å². The van der Waals surface area contributed by atoms with Crippen LogP contribution in [0.4, 0.5) is 0 Å². The van der Waals surface area contributed by atoms with Gasteiger partial charge in [0.15, 0.2) is 0 Å². The molecule has 19 heavy (non-hydrogen) atoms. The standard InChI is InChI=1S/C12H14N4S3/c1-9(11-13-5-3-6-14-11)17-19-18-10(2)12-15-7-4-8-16-12/h3-10H,1-2H3. The number of hydrogen-bond donors (Lipinski definition) is 0. The second kappa shape index (κ2) is 7.72. The Morgan fingerprint density at radius 1 is 0.737 bits per heavy atom. The lowest BCUT2D eigenvalue weighted by atomic mass is 10.4. The molecule has 0 saturated carbocycles. The zero-order valence-electron chi connectivity index (χ0n) is 10.6. The Morgan fingerprint density at radius 2 is 1.11 bits per heavy atom. The first-order valence-corrected chi connectivity index (χ1v) is 9.41. The highest BCUT2D eigenvalue weighted by Crippen LogP contribution is 2.48. The molecule has 7 heteroatoms. The van der Waals surface area contributed by atoms with Gasteiger partial charge in [-0.25, -0.2) is 19.9 Å². The molecule has 2 rings (SSSR count). The van der Waals surface area contributed by atoms with Gasteiger partial charge in [-0.2, -0.15) is 0 Å². The third-order valence-electron chi connectivity index (χ3n) is 2.27. The minimum Gasteiger partial charge on any atom is -0.240 e. The van der Waals surface area contributed by atoms with Gasteiger partial charge in [0.05, 0.1) is 10.5 Å².